The highest BCUT2D eigenvalue weighted by molar-refractivity contribution is 8.00. The van der Waals surface area contributed by atoms with Crippen molar-refractivity contribution >= 4 is 35.0 Å². The zero-order chi connectivity index (χ0) is 20.3. The van der Waals surface area contributed by atoms with Crippen LogP contribution in [0, 0.1) is 10.1 Å². The normalized spacial score (nSPS) is 14.4. The van der Waals surface area contributed by atoms with E-state index >= 15 is 0 Å². The molecule has 0 saturated carbocycles. The number of non-ortho nitro benzene ring substituents is 1. The van der Waals surface area contributed by atoms with Gasteiger partial charge in [-0.2, -0.15) is 0 Å². The molecule has 1 aliphatic rings. The predicted octanol–water partition coefficient (Wildman–Crippen LogP) is 3.64. The van der Waals surface area contributed by atoms with Gasteiger partial charge in [0.2, 0.25) is 11.8 Å². The summed E-state index contributed by atoms with van der Waals surface area (Å²) in [5, 5.41) is 11.0. The molecule has 0 N–H and O–H groups in total. The maximum absolute atomic E-state index is 12.7. The molecule has 28 heavy (non-hydrogen) atoms. The van der Waals surface area contributed by atoms with E-state index in [1.165, 1.54) is 23.9 Å². The quantitative estimate of drug-likeness (QED) is 0.547. The number of carbonyl (C=O) groups excluding carboxylic acids is 2. The Morgan fingerprint density at radius 3 is 2.79 bits per heavy atom. The molecular formula is C20H21N3O4S. The Balaban J connectivity index is 1.67. The molecule has 0 bridgehead atoms. The Kier molecular flexibility index (Phi) is 5.99. The summed E-state index contributed by atoms with van der Waals surface area (Å²) in [5.41, 5.74) is 1.53. The fourth-order valence-electron chi connectivity index (χ4n) is 3.12. The zero-order valence-corrected chi connectivity index (χ0v) is 16.5. The zero-order valence-electron chi connectivity index (χ0n) is 15.7. The fraction of sp³-hybridized carbons (Fsp3) is 0.300. The average Bonchev–Trinajstić information content (AvgIpc) is 2.71. The van der Waals surface area contributed by atoms with Crippen LogP contribution in [0.5, 0.6) is 0 Å². The van der Waals surface area contributed by atoms with Gasteiger partial charge in [-0.15, -0.1) is 11.8 Å². The number of carbonyl (C=O) groups is 2. The van der Waals surface area contributed by atoms with E-state index in [0.717, 1.165) is 10.6 Å². The first-order valence-corrected chi connectivity index (χ1v) is 9.89. The van der Waals surface area contributed by atoms with Crippen LogP contribution in [-0.4, -0.2) is 41.0 Å². The van der Waals surface area contributed by atoms with E-state index in [9.17, 15) is 19.7 Å². The second kappa shape index (κ2) is 8.43. The van der Waals surface area contributed by atoms with Gasteiger partial charge >= 0.3 is 0 Å². The largest absolute Gasteiger partial charge is 0.339 e. The molecule has 146 valence electrons. The molecule has 0 aliphatic carbocycles. The first kappa shape index (κ1) is 19.9. The molecule has 0 fully saturated rings. The second-order valence-electron chi connectivity index (χ2n) is 6.58. The van der Waals surface area contributed by atoms with Gasteiger partial charge in [0, 0.05) is 37.0 Å². The van der Waals surface area contributed by atoms with E-state index in [0.29, 0.717) is 17.9 Å². The van der Waals surface area contributed by atoms with Crippen molar-refractivity contribution in [2.24, 2.45) is 0 Å². The van der Waals surface area contributed by atoms with Crippen molar-refractivity contribution in [2.45, 2.75) is 24.3 Å². The van der Waals surface area contributed by atoms with Gasteiger partial charge in [-0.3, -0.25) is 19.7 Å². The summed E-state index contributed by atoms with van der Waals surface area (Å²) in [6.45, 7) is 2.14. The molecule has 8 heteroatoms. The molecule has 2 aromatic carbocycles. The third-order valence-electron chi connectivity index (χ3n) is 4.90. The van der Waals surface area contributed by atoms with Crippen LogP contribution < -0.4 is 4.90 Å². The van der Waals surface area contributed by atoms with E-state index in [4.69, 9.17) is 0 Å². The van der Waals surface area contributed by atoms with Crippen LogP contribution in [0.25, 0.3) is 0 Å². The Labute approximate surface area is 167 Å². The van der Waals surface area contributed by atoms with Crippen molar-refractivity contribution in [3.8, 4) is 0 Å². The Morgan fingerprint density at radius 1 is 1.29 bits per heavy atom. The molecule has 2 amide bonds. The number of nitrogens with zero attached hydrogens (tertiary/aromatic N) is 3. The number of para-hydroxylation sites is 1. The molecule has 2 aromatic rings. The first-order chi connectivity index (χ1) is 13.4. The second-order valence-corrected chi connectivity index (χ2v) is 7.60. The summed E-state index contributed by atoms with van der Waals surface area (Å²) in [6.07, 6.45) is 0.181. The van der Waals surface area contributed by atoms with Crippen LogP contribution in [0.2, 0.25) is 0 Å². The molecule has 1 heterocycles. The Hall–Kier alpha value is -2.87. The Bertz CT molecular complexity index is 918. The number of anilines is 1. The minimum absolute atomic E-state index is 0.00165. The minimum Gasteiger partial charge on any atom is -0.339 e. The monoisotopic (exact) mass is 399 g/mol. The van der Waals surface area contributed by atoms with Crippen LogP contribution in [0.1, 0.15) is 24.9 Å². The van der Waals surface area contributed by atoms with Crippen molar-refractivity contribution in [3.63, 3.8) is 0 Å². The number of fused-ring (bicyclic) bond motifs is 1. The van der Waals surface area contributed by atoms with Crippen LogP contribution >= 0.6 is 11.8 Å². The molecule has 0 aromatic heterocycles. The first-order valence-electron chi connectivity index (χ1n) is 8.90. The van der Waals surface area contributed by atoms with Crippen molar-refractivity contribution in [2.75, 3.05) is 24.2 Å². The lowest BCUT2D eigenvalue weighted by Gasteiger charge is -2.30. The average molecular weight is 399 g/mol. The van der Waals surface area contributed by atoms with Gasteiger partial charge in [0.05, 0.1) is 22.4 Å². The number of benzene rings is 2. The third-order valence-corrected chi connectivity index (χ3v) is 5.94. The smallest absolute Gasteiger partial charge is 0.269 e. The number of nitro benzene ring substituents is 1. The summed E-state index contributed by atoms with van der Waals surface area (Å²) < 4.78 is 0. The maximum atomic E-state index is 12.7. The maximum Gasteiger partial charge on any atom is 0.269 e. The predicted molar refractivity (Wildman–Crippen MR) is 108 cm³/mol. The van der Waals surface area contributed by atoms with Gasteiger partial charge in [-0.05, 0) is 24.6 Å². The van der Waals surface area contributed by atoms with Crippen molar-refractivity contribution in [1.82, 2.24) is 4.90 Å². The highest BCUT2D eigenvalue weighted by Crippen LogP contribution is 2.35. The van der Waals surface area contributed by atoms with Crippen LogP contribution in [0.4, 0.5) is 11.4 Å². The van der Waals surface area contributed by atoms with Gasteiger partial charge in [0.25, 0.3) is 5.69 Å². The topological polar surface area (TPSA) is 83.8 Å². The highest BCUT2D eigenvalue weighted by Gasteiger charge is 2.26. The molecule has 1 aliphatic heterocycles. The van der Waals surface area contributed by atoms with Gasteiger partial charge in [0.1, 0.15) is 0 Å². The SMILES string of the molecule is C[C@@H](c1cccc([N+](=O)[O-])c1)N(C)C(=O)CCN1C(=O)CSc2ccccc21. The number of rotatable bonds is 6. The molecule has 7 nitrogen and oxygen atoms in total. The number of hydrogen-bond donors (Lipinski definition) is 0. The summed E-state index contributed by atoms with van der Waals surface area (Å²) >= 11 is 1.51. The van der Waals surface area contributed by atoms with E-state index in [1.54, 1.807) is 29.0 Å². The van der Waals surface area contributed by atoms with Crippen molar-refractivity contribution in [3.05, 3.63) is 64.2 Å². The molecule has 3 rings (SSSR count). The van der Waals surface area contributed by atoms with Gasteiger partial charge in [0.15, 0.2) is 0 Å². The fourth-order valence-corrected chi connectivity index (χ4v) is 4.06. The molecule has 0 spiro atoms. The van der Waals surface area contributed by atoms with Crippen LogP contribution in [0.15, 0.2) is 53.4 Å². The molecule has 0 unspecified atom stereocenters. The molecule has 0 saturated heterocycles. The molecule has 0 radical (unpaired) electrons. The van der Waals surface area contributed by atoms with E-state index in [1.807, 2.05) is 31.2 Å². The van der Waals surface area contributed by atoms with E-state index in [2.05, 4.69) is 0 Å². The van der Waals surface area contributed by atoms with Crippen LogP contribution in [-0.2, 0) is 9.59 Å². The minimum atomic E-state index is -0.449. The lowest BCUT2D eigenvalue weighted by Crippen LogP contribution is -2.39. The molecule has 1 atom stereocenters. The summed E-state index contributed by atoms with van der Waals surface area (Å²) in [7, 11) is 1.67. The lowest BCUT2D eigenvalue weighted by molar-refractivity contribution is -0.384. The summed E-state index contributed by atoms with van der Waals surface area (Å²) in [5.74, 6) is 0.235. The highest BCUT2D eigenvalue weighted by atomic mass is 32.2. The van der Waals surface area contributed by atoms with Crippen molar-refractivity contribution < 1.29 is 14.5 Å². The standard InChI is InChI=1S/C20H21N3O4S/c1-14(15-6-5-7-16(12-15)23(26)27)21(2)19(24)10-11-22-17-8-3-4-9-18(17)28-13-20(22)25/h3-9,12,14H,10-11,13H2,1-2H3/t14-/m0/s1. The van der Waals surface area contributed by atoms with Gasteiger partial charge in [-0.1, -0.05) is 24.3 Å². The van der Waals surface area contributed by atoms with E-state index in [-0.39, 0.29) is 30.0 Å². The number of amides is 2. The summed E-state index contributed by atoms with van der Waals surface area (Å²) in [6, 6.07) is 13.6. The van der Waals surface area contributed by atoms with Crippen LogP contribution in [0.3, 0.4) is 0 Å². The third kappa shape index (κ3) is 4.17. The Morgan fingerprint density at radius 2 is 2.04 bits per heavy atom. The summed E-state index contributed by atoms with van der Waals surface area (Å²) in [4.78, 5) is 39.8. The number of nitro groups is 1. The number of thioether (sulfide) groups is 1. The number of hydrogen-bond acceptors (Lipinski definition) is 5. The van der Waals surface area contributed by atoms with Gasteiger partial charge < -0.3 is 9.80 Å². The van der Waals surface area contributed by atoms with Crippen molar-refractivity contribution in [1.29, 1.82) is 0 Å². The lowest BCUT2D eigenvalue weighted by atomic mass is 10.1. The molecular weight excluding hydrogens is 378 g/mol. The van der Waals surface area contributed by atoms with E-state index < -0.39 is 4.92 Å². The van der Waals surface area contributed by atoms with Gasteiger partial charge in [-0.25, -0.2) is 0 Å².